The third kappa shape index (κ3) is 7.96. The van der Waals surface area contributed by atoms with Crippen molar-refractivity contribution in [1.82, 2.24) is 20.2 Å². The summed E-state index contributed by atoms with van der Waals surface area (Å²) in [6.45, 7) is 4.93. The van der Waals surface area contributed by atoms with E-state index in [2.05, 4.69) is 27.3 Å². The van der Waals surface area contributed by atoms with E-state index in [-0.39, 0.29) is 18.3 Å². The average molecular weight is 548 g/mol. The molecule has 0 radical (unpaired) electrons. The fraction of sp³-hybridized carbons (Fsp3) is 0.143. The largest absolute Gasteiger partial charge is 0.488 e. The molecule has 4 aromatic rings. The number of hydrogen-bond donors (Lipinski definition) is 1. The Morgan fingerprint density at radius 1 is 1.00 bits per heavy atom. The van der Waals surface area contributed by atoms with Gasteiger partial charge in [-0.1, -0.05) is 71.9 Å². The van der Waals surface area contributed by atoms with Crippen LogP contribution in [-0.4, -0.2) is 32.6 Å². The summed E-state index contributed by atoms with van der Waals surface area (Å²) in [5.74, 6) is 1.79. The molecule has 1 aromatic heterocycles. The molecule has 0 atom stereocenters. The first kappa shape index (κ1) is 27.0. The van der Waals surface area contributed by atoms with Crippen molar-refractivity contribution in [1.29, 1.82) is 0 Å². The number of thioether (sulfide) groups is 1. The zero-order valence-electron chi connectivity index (χ0n) is 20.5. The van der Waals surface area contributed by atoms with Crippen molar-refractivity contribution in [3.63, 3.8) is 0 Å². The van der Waals surface area contributed by atoms with E-state index in [0.29, 0.717) is 40.7 Å². The van der Waals surface area contributed by atoms with Gasteiger partial charge in [0.25, 0.3) is 5.91 Å². The van der Waals surface area contributed by atoms with Crippen LogP contribution in [0.2, 0.25) is 5.02 Å². The van der Waals surface area contributed by atoms with Crippen molar-refractivity contribution >= 4 is 35.5 Å². The fourth-order valence-electron chi connectivity index (χ4n) is 3.31. The molecule has 8 nitrogen and oxygen atoms in total. The maximum atomic E-state index is 12.4. The van der Waals surface area contributed by atoms with E-state index in [1.165, 1.54) is 11.8 Å². The zero-order valence-corrected chi connectivity index (χ0v) is 22.1. The Labute approximate surface area is 230 Å². The molecule has 10 heteroatoms. The van der Waals surface area contributed by atoms with E-state index in [1.54, 1.807) is 36.6 Å². The topological polar surface area (TPSA) is 90.6 Å². The number of nitrogens with one attached hydrogen (secondary N) is 1. The second-order valence-corrected chi connectivity index (χ2v) is 9.31. The molecule has 0 aliphatic heterocycles. The zero-order chi connectivity index (χ0) is 26.6. The molecule has 0 saturated heterocycles. The van der Waals surface area contributed by atoms with Crippen LogP contribution in [0.4, 0.5) is 0 Å². The maximum Gasteiger partial charge on any atom is 0.250 e. The number of hydrogen-bond acceptors (Lipinski definition) is 7. The van der Waals surface area contributed by atoms with Crippen molar-refractivity contribution in [3.05, 3.63) is 113 Å². The van der Waals surface area contributed by atoms with Gasteiger partial charge in [0.05, 0.1) is 12.0 Å². The molecule has 1 amide bonds. The minimum absolute atomic E-state index is 0.108. The lowest BCUT2D eigenvalue weighted by Crippen LogP contribution is -2.20. The average Bonchev–Trinajstić information content (AvgIpc) is 3.33. The molecule has 0 fully saturated rings. The first-order valence-electron chi connectivity index (χ1n) is 11.7. The van der Waals surface area contributed by atoms with Gasteiger partial charge in [-0.2, -0.15) is 5.10 Å². The summed E-state index contributed by atoms with van der Waals surface area (Å²) in [6, 6.07) is 24.5. The van der Waals surface area contributed by atoms with Crippen LogP contribution in [0.15, 0.2) is 102 Å². The number of benzene rings is 3. The lowest BCUT2D eigenvalue weighted by atomic mass is 10.2. The molecular weight excluding hydrogens is 522 g/mol. The molecule has 3 aromatic carbocycles. The molecule has 4 rings (SSSR count). The number of allylic oxidation sites excluding steroid dienone is 1. The highest BCUT2D eigenvalue weighted by molar-refractivity contribution is 7.99. The molecule has 0 spiro atoms. The van der Waals surface area contributed by atoms with Crippen LogP contribution in [0.5, 0.6) is 11.5 Å². The molecule has 1 N–H and O–H groups in total. The van der Waals surface area contributed by atoms with Gasteiger partial charge in [0, 0.05) is 17.1 Å². The number of aromatic nitrogens is 3. The number of carbonyl (C=O) groups is 1. The van der Waals surface area contributed by atoms with E-state index in [1.807, 2.05) is 59.2 Å². The van der Waals surface area contributed by atoms with Gasteiger partial charge in [-0.15, -0.1) is 16.8 Å². The summed E-state index contributed by atoms with van der Waals surface area (Å²) in [5, 5.41) is 13.7. The quantitative estimate of drug-likeness (QED) is 0.103. The van der Waals surface area contributed by atoms with E-state index in [0.717, 1.165) is 11.1 Å². The lowest BCUT2D eigenvalue weighted by molar-refractivity contribution is -0.118. The maximum absolute atomic E-state index is 12.4. The monoisotopic (exact) mass is 547 g/mol. The SMILES string of the molecule is C=CCn1c(COc2ccc(Cl)cc2)nnc1SCC(=O)N/N=C\c1ccccc1OCc1ccccc1. The number of carbonyl (C=O) groups excluding carboxylic acids is 1. The van der Waals surface area contributed by atoms with Gasteiger partial charge in [-0.25, -0.2) is 5.43 Å². The summed E-state index contributed by atoms with van der Waals surface area (Å²) >= 11 is 7.17. The highest BCUT2D eigenvalue weighted by Crippen LogP contribution is 2.20. The van der Waals surface area contributed by atoms with Crippen LogP contribution in [0, 0.1) is 0 Å². The first-order valence-corrected chi connectivity index (χ1v) is 13.1. The fourth-order valence-corrected chi connectivity index (χ4v) is 4.20. The van der Waals surface area contributed by atoms with Gasteiger partial charge >= 0.3 is 0 Å². The summed E-state index contributed by atoms with van der Waals surface area (Å²) < 4.78 is 13.6. The molecule has 0 saturated carbocycles. The molecule has 194 valence electrons. The van der Waals surface area contributed by atoms with Gasteiger partial charge in [0.2, 0.25) is 0 Å². The first-order chi connectivity index (χ1) is 18.6. The minimum Gasteiger partial charge on any atom is -0.488 e. The second-order valence-electron chi connectivity index (χ2n) is 7.93. The molecule has 0 unspecified atom stereocenters. The number of para-hydroxylation sites is 1. The number of hydrazone groups is 1. The predicted octanol–water partition coefficient (Wildman–Crippen LogP) is 5.52. The van der Waals surface area contributed by atoms with Crippen LogP contribution < -0.4 is 14.9 Å². The Kier molecular flexibility index (Phi) is 9.95. The Balaban J connectivity index is 1.29. The Morgan fingerprint density at radius 2 is 1.76 bits per heavy atom. The van der Waals surface area contributed by atoms with E-state index in [4.69, 9.17) is 21.1 Å². The van der Waals surface area contributed by atoms with Crippen molar-refractivity contribution in [2.24, 2.45) is 5.10 Å². The van der Waals surface area contributed by atoms with E-state index < -0.39 is 0 Å². The lowest BCUT2D eigenvalue weighted by Gasteiger charge is -2.09. The summed E-state index contributed by atoms with van der Waals surface area (Å²) in [4.78, 5) is 12.4. The number of ether oxygens (including phenoxy) is 2. The number of rotatable bonds is 13. The standard InChI is InChI=1S/C28H26ClN5O3S/c1-2-16-34-26(19-36-24-14-12-23(29)13-15-24)31-33-28(34)38-20-27(35)32-30-17-22-10-6-7-11-25(22)37-18-21-8-4-3-5-9-21/h2-15,17H,1,16,18-20H2,(H,32,35)/b30-17-. The number of nitrogens with zero attached hydrogens (tertiary/aromatic N) is 4. The van der Waals surface area contributed by atoms with Crippen LogP contribution >= 0.6 is 23.4 Å². The summed E-state index contributed by atoms with van der Waals surface area (Å²) in [5.41, 5.74) is 4.37. The highest BCUT2D eigenvalue weighted by Gasteiger charge is 2.14. The molecule has 1 heterocycles. The van der Waals surface area contributed by atoms with Crippen molar-refractivity contribution < 1.29 is 14.3 Å². The summed E-state index contributed by atoms with van der Waals surface area (Å²) in [6.07, 6.45) is 3.30. The highest BCUT2D eigenvalue weighted by atomic mass is 35.5. The number of halogens is 1. The van der Waals surface area contributed by atoms with Gasteiger partial charge in [0.1, 0.15) is 24.7 Å². The van der Waals surface area contributed by atoms with Crippen molar-refractivity contribution in [3.8, 4) is 11.5 Å². The van der Waals surface area contributed by atoms with Crippen LogP contribution in [0.25, 0.3) is 0 Å². The van der Waals surface area contributed by atoms with Crippen LogP contribution in [0.3, 0.4) is 0 Å². The Morgan fingerprint density at radius 3 is 2.55 bits per heavy atom. The molecule has 0 bridgehead atoms. The Hall–Kier alpha value is -4.08. The smallest absolute Gasteiger partial charge is 0.250 e. The van der Waals surface area contributed by atoms with Crippen LogP contribution in [-0.2, 0) is 24.6 Å². The molecule has 0 aliphatic rings. The van der Waals surface area contributed by atoms with E-state index in [9.17, 15) is 4.79 Å². The normalized spacial score (nSPS) is 10.9. The van der Waals surface area contributed by atoms with Gasteiger partial charge in [-0.3, -0.25) is 9.36 Å². The van der Waals surface area contributed by atoms with Gasteiger partial charge in [-0.05, 0) is 42.0 Å². The minimum atomic E-state index is -0.277. The van der Waals surface area contributed by atoms with Crippen LogP contribution in [0.1, 0.15) is 17.0 Å². The third-order valence-electron chi connectivity index (χ3n) is 5.17. The van der Waals surface area contributed by atoms with Gasteiger partial charge in [0.15, 0.2) is 11.0 Å². The van der Waals surface area contributed by atoms with Gasteiger partial charge < -0.3 is 9.47 Å². The predicted molar refractivity (Wildman–Crippen MR) is 150 cm³/mol. The van der Waals surface area contributed by atoms with Crippen molar-refractivity contribution in [2.75, 3.05) is 5.75 Å². The molecule has 38 heavy (non-hydrogen) atoms. The third-order valence-corrected chi connectivity index (χ3v) is 6.39. The van der Waals surface area contributed by atoms with E-state index >= 15 is 0 Å². The molecular formula is C28H26ClN5O3S. The number of amides is 1. The Bertz CT molecular complexity index is 1380. The second kappa shape index (κ2) is 14.0. The molecule has 0 aliphatic carbocycles. The summed E-state index contributed by atoms with van der Waals surface area (Å²) in [7, 11) is 0. The van der Waals surface area contributed by atoms with Crippen molar-refractivity contribution in [2.45, 2.75) is 24.9 Å².